The van der Waals surface area contributed by atoms with Gasteiger partial charge in [-0.15, -0.1) is 0 Å². The Labute approximate surface area is 122 Å². The van der Waals surface area contributed by atoms with E-state index < -0.39 is 0 Å². The first-order chi connectivity index (χ1) is 9.71. The molecule has 3 aliphatic rings. The molecular formula is C16H27N3O. The molecule has 2 aliphatic heterocycles. The average Bonchev–Trinajstić information content (AvgIpc) is 3.09. The molecule has 0 aromatic rings. The van der Waals surface area contributed by atoms with Gasteiger partial charge < -0.3 is 4.74 Å². The summed E-state index contributed by atoms with van der Waals surface area (Å²) in [5.41, 5.74) is 0.266. The third-order valence-corrected chi connectivity index (χ3v) is 5.46. The molecular weight excluding hydrogens is 250 g/mol. The van der Waals surface area contributed by atoms with Crippen LogP contribution in [0.4, 0.5) is 0 Å². The molecule has 0 bridgehead atoms. The third-order valence-electron chi connectivity index (χ3n) is 5.46. The lowest BCUT2D eigenvalue weighted by molar-refractivity contribution is -0.0513. The molecule has 2 saturated heterocycles. The van der Waals surface area contributed by atoms with Gasteiger partial charge in [-0.3, -0.25) is 9.80 Å². The number of nitriles is 1. The van der Waals surface area contributed by atoms with Crippen LogP contribution in [-0.4, -0.2) is 60.3 Å². The molecule has 1 aliphatic carbocycles. The molecule has 0 amide bonds. The lowest BCUT2D eigenvalue weighted by Gasteiger charge is -2.37. The van der Waals surface area contributed by atoms with Crippen molar-refractivity contribution in [2.75, 3.05) is 32.7 Å². The zero-order valence-electron chi connectivity index (χ0n) is 12.7. The number of piperazine rings is 1. The maximum absolute atomic E-state index is 8.98. The Morgan fingerprint density at radius 3 is 2.55 bits per heavy atom. The molecule has 0 radical (unpaired) electrons. The van der Waals surface area contributed by atoms with Crippen LogP contribution in [0.15, 0.2) is 0 Å². The Morgan fingerprint density at radius 1 is 1.20 bits per heavy atom. The van der Waals surface area contributed by atoms with E-state index in [2.05, 4.69) is 15.9 Å². The zero-order valence-corrected chi connectivity index (χ0v) is 12.7. The van der Waals surface area contributed by atoms with Gasteiger partial charge in [-0.2, -0.15) is 5.26 Å². The van der Waals surface area contributed by atoms with E-state index in [9.17, 15) is 0 Å². The van der Waals surface area contributed by atoms with Crippen LogP contribution in [-0.2, 0) is 4.74 Å². The summed E-state index contributed by atoms with van der Waals surface area (Å²) < 4.78 is 6.40. The van der Waals surface area contributed by atoms with Gasteiger partial charge in [0.15, 0.2) is 0 Å². The van der Waals surface area contributed by atoms with Crippen molar-refractivity contribution in [3.63, 3.8) is 0 Å². The first-order valence-corrected chi connectivity index (χ1v) is 8.25. The van der Waals surface area contributed by atoms with Crippen LogP contribution in [0.3, 0.4) is 0 Å². The first-order valence-electron chi connectivity index (χ1n) is 8.25. The predicted octanol–water partition coefficient (Wildman–Crippen LogP) is 2.01. The highest BCUT2D eigenvalue weighted by atomic mass is 16.5. The summed E-state index contributed by atoms with van der Waals surface area (Å²) in [4.78, 5) is 4.81. The van der Waals surface area contributed by atoms with E-state index in [1.54, 1.807) is 0 Å². The minimum atomic E-state index is 0.0571. The molecule has 2 heterocycles. The van der Waals surface area contributed by atoms with Crippen molar-refractivity contribution in [2.24, 2.45) is 0 Å². The van der Waals surface area contributed by atoms with E-state index in [4.69, 9.17) is 10.00 Å². The van der Waals surface area contributed by atoms with E-state index in [1.165, 1.54) is 38.5 Å². The molecule has 1 saturated carbocycles. The fraction of sp³-hybridized carbons (Fsp3) is 0.938. The Balaban J connectivity index is 1.43. The molecule has 1 spiro atoms. The number of hydrogen-bond donors (Lipinski definition) is 0. The molecule has 2 atom stereocenters. The highest BCUT2D eigenvalue weighted by Crippen LogP contribution is 2.43. The molecule has 3 fully saturated rings. The summed E-state index contributed by atoms with van der Waals surface area (Å²) >= 11 is 0. The Bertz CT molecular complexity index is 364. The van der Waals surface area contributed by atoms with Crippen molar-refractivity contribution in [1.82, 2.24) is 9.80 Å². The second-order valence-electron chi connectivity index (χ2n) is 6.81. The number of hydrogen-bond acceptors (Lipinski definition) is 4. The van der Waals surface area contributed by atoms with E-state index in [-0.39, 0.29) is 11.6 Å². The van der Waals surface area contributed by atoms with Gasteiger partial charge in [0.1, 0.15) is 0 Å². The first kappa shape index (κ1) is 14.3. The van der Waals surface area contributed by atoms with Crippen molar-refractivity contribution >= 4 is 0 Å². The maximum Gasteiger partial charge on any atom is 0.0950 e. The fourth-order valence-corrected chi connectivity index (χ4v) is 4.11. The number of rotatable bonds is 3. The average molecular weight is 277 g/mol. The van der Waals surface area contributed by atoms with Crippen molar-refractivity contribution in [2.45, 2.75) is 63.2 Å². The largest absolute Gasteiger partial charge is 0.370 e. The Kier molecular flexibility index (Phi) is 4.30. The molecule has 3 rings (SSSR count). The zero-order chi connectivity index (χ0) is 14.0. The minimum absolute atomic E-state index is 0.0571. The summed E-state index contributed by atoms with van der Waals surface area (Å²) in [6.07, 6.45) is 8.27. The lowest BCUT2D eigenvalue weighted by atomic mass is 9.98. The smallest absolute Gasteiger partial charge is 0.0950 e. The quantitative estimate of drug-likeness (QED) is 0.791. The number of ether oxygens (including phenoxy) is 1. The van der Waals surface area contributed by atoms with E-state index in [0.717, 1.165) is 32.7 Å². The van der Waals surface area contributed by atoms with E-state index >= 15 is 0 Å². The van der Waals surface area contributed by atoms with Crippen molar-refractivity contribution in [3.8, 4) is 6.07 Å². The normalized spacial score (nSPS) is 32.5. The van der Waals surface area contributed by atoms with E-state index in [1.807, 2.05) is 6.92 Å². The monoisotopic (exact) mass is 277 g/mol. The molecule has 0 N–H and O–H groups in total. The number of nitrogens with zero attached hydrogens (tertiary/aromatic N) is 3. The highest BCUT2D eigenvalue weighted by Gasteiger charge is 2.42. The van der Waals surface area contributed by atoms with Crippen LogP contribution in [0.2, 0.25) is 0 Å². The summed E-state index contributed by atoms with van der Waals surface area (Å²) in [6.45, 7) is 7.30. The third kappa shape index (κ3) is 3.00. The van der Waals surface area contributed by atoms with Crippen LogP contribution in [0, 0.1) is 11.3 Å². The van der Waals surface area contributed by atoms with Gasteiger partial charge in [0.2, 0.25) is 0 Å². The second-order valence-corrected chi connectivity index (χ2v) is 6.81. The van der Waals surface area contributed by atoms with Crippen molar-refractivity contribution in [3.05, 3.63) is 0 Å². The summed E-state index contributed by atoms with van der Waals surface area (Å²) in [7, 11) is 0. The SMILES string of the molecule is CC(C#N)N1CCN(CC2CCC3(CCCC3)O2)CC1. The summed E-state index contributed by atoms with van der Waals surface area (Å²) in [5, 5.41) is 8.98. The van der Waals surface area contributed by atoms with Gasteiger partial charge in [0.25, 0.3) is 0 Å². The Morgan fingerprint density at radius 2 is 1.90 bits per heavy atom. The van der Waals surface area contributed by atoms with Gasteiger partial charge in [0, 0.05) is 32.7 Å². The fourth-order valence-electron chi connectivity index (χ4n) is 4.11. The van der Waals surface area contributed by atoms with Crippen molar-refractivity contribution < 1.29 is 4.74 Å². The minimum Gasteiger partial charge on any atom is -0.370 e. The molecule has 2 unspecified atom stereocenters. The van der Waals surface area contributed by atoms with Crippen LogP contribution in [0.25, 0.3) is 0 Å². The predicted molar refractivity (Wildman–Crippen MR) is 78.4 cm³/mol. The molecule has 20 heavy (non-hydrogen) atoms. The highest BCUT2D eigenvalue weighted by molar-refractivity contribution is 4.94. The summed E-state index contributed by atoms with van der Waals surface area (Å²) in [6, 6.07) is 2.40. The van der Waals surface area contributed by atoms with Gasteiger partial charge in [0.05, 0.1) is 23.8 Å². The standard InChI is InChI=1S/C16H27N3O/c1-14(12-17)19-10-8-18(9-11-19)13-15-4-7-16(20-15)5-2-3-6-16/h14-15H,2-11,13H2,1H3. The van der Waals surface area contributed by atoms with Gasteiger partial charge >= 0.3 is 0 Å². The van der Waals surface area contributed by atoms with Gasteiger partial charge in [-0.25, -0.2) is 0 Å². The van der Waals surface area contributed by atoms with Crippen LogP contribution >= 0.6 is 0 Å². The molecule has 112 valence electrons. The molecule has 4 nitrogen and oxygen atoms in total. The van der Waals surface area contributed by atoms with Crippen LogP contribution in [0.5, 0.6) is 0 Å². The Hall–Kier alpha value is -0.630. The van der Waals surface area contributed by atoms with Crippen LogP contribution < -0.4 is 0 Å². The second kappa shape index (κ2) is 6.01. The van der Waals surface area contributed by atoms with Crippen LogP contribution in [0.1, 0.15) is 45.4 Å². The van der Waals surface area contributed by atoms with E-state index in [0.29, 0.717) is 6.10 Å². The maximum atomic E-state index is 8.98. The topological polar surface area (TPSA) is 39.5 Å². The lowest BCUT2D eigenvalue weighted by Crippen LogP contribution is -2.51. The van der Waals surface area contributed by atoms with Crippen molar-refractivity contribution in [1.29, 1.82) is 5.26 Å². The summed E-state index contributed by atoms with van der Waals surface area (Å²) in [5.74, 6) is 0. The van der Waals surface area contributed by atoms with Gasteiger partial charge in [-0.1, -0.05) is 12.8 Å². The van der Waals surface area contributed by atoms with Gasteiger partial charge in [-0.05, 0) is 32.6 Å². The molecule has 4 heteroatoms. The molecule has 0 aromatic heterocycles. The molecule has 0 aromatic carbocycles.